The van der Waals surface area contributed by atoms with Crippen LogP contribution in [0.15, 0.2) is 42.5 Å². The molecular formula is C16H16F2N2OS. The molecule has 2 aromatic carbocycles. The minimum atomic E-state index is -2.89. The van der Waals surface area contributed by atoms with Crippen molar-refractivity contribution in [2.75, 3.05) is 10.6 Å². The highest BCUT2D eigenvalue weighted by atomic mass is 32.1. The van der Waals surface area contributed by atoms with E-state index in [0.717, 1.165) is 16.8 Å². The molecule has 0 saturated carbocycles. The summed E-state index contributed by atoms with van der Waals surface area (Å²) in [4.78, 5) is 0. The van der Waals surface area contributed by atoms with E-state index in [0.29, 0.717) is 10.8 Å². The van der Waals surface area contributed by atoms with Gasteiger partial charge in [-0.1, -0.05) is 24.3 Å². The Hall–Kier alpha value is -2.21. The second-order valence-corrected chi connectivity index (χ2v) is 5.18. The first-order chi connectivity index (χ1) is 10.5. The predicted molar refractivity (Wildman–Crippen MR) is 88.8 cm³/mol. The molecule has 2 rings (SSSR count). The second-order valence-electron chi connectivity index (χ2n) is 4.77. The van der Waals surface area contributed by atoms with E-state index in [1.807, 2.05) is 32.0 Å². The zero-order chi connectivity index (χ0) is 16.1. The Balaban J connectivity index is 2.11. The summed E-state index contributed by atoms with van der Waals surface area (Å²) in [7, 11) is 0. The highest BCUT2D eigenvalue weighted by Gasteiger charge is 2.10. The van der Waals surface area contributed by atoms with Gasteiger partial charge in [0.05, 0.1) is 5.69 Å². The average Bonchev–Trinajstić information content (AvgIpc) is 2.44. The van der Waals surface area contributed by atoms with E-state index in [2.05, 4.69) is 15.4 Å². The molecule has 0 amide bonds. The maximum Gasteiger partial charge on any atom is 0.387 e. The molecule has 3 nitrogen and oxygen atoms in total. The van der Waals surface area contributed by atoms with Crippen molar-refractivity contribution < 1.29 is 13.5 Å². The number of halogens is 2. The van der Waals surface area contributed by atoms with Gasteiger partial charge in [-0.25, -0.2) is 0 Å². The van der Waals surface area contributed by atoms with Gasteiger partial charge in [0.2, 0.25) is 0 Å². The lowest BCUT2D eigenvalue weighted by Gasteiger charge is -2.15. The lowest BCUT2D eigenvalue weighted by Crippen LogP contribution is -2.20. The van der Waals surface area contributed by atoms with Crippen LogP contribution in [0.3, 0.4) is 0 Å². The Morgan fingerprint density at radius 1 is 1.05 bits per heavy atom. The molecule has 6 heteroatoms. The van der Waals surface area contributed by atoms with Crippen LogP contribution in [0.25, 0.3) is 0 Å². The molecule has 0 heterocycles. The van der Waals surface area contributed by atoms with E-state index in [9.17, 15) is 8.78 Å². The van der Waals surface area contributed by atoms with E-state index < -0.39 is 6.61 Å². The van der Waals surface area contributed by atoms with Crippen molar-refractivity contribution in [2.24, 2.45) is 0 Å². The van der Waals surface area contributed by atoms with Crippen LogP contribution >= 0.6 is 12.2 Å². The molecule has 2 aromatic rings. The van der Waals surface area contributed by atoms with Crippen molar-refractivity contribution in [3.63, 3.8) is 0 Å². The number of para-hydroxylation sites is 2. The molecule has 22 heavy (non-hydrogen) atoms. The Kier molecular flexibility index (Phi) is 5.27. The van der Waals surface area contributed by atoms with Crippen LogP contribution in [0.2, 0.25) is 0 Å². The minimum absolute atomic E-state index is 0.0441. The van der Waals surface area contributed by atoms with Gasteiger partial charge >= 0.3 is 6.61 Å². The number of hydrogen-bond donors (Lipinski definition) is 2. The summed E-state index contributed by atoms with van der Waals surface area (Å²) < 4.78 is 29.2. The first-order valence-corrected chi connectivity index (χ1v) is 7.05. The first kappa shape index (κ1) is 16.2. The molecule has 0 fully saturated rings. The average molecular weight is 322 g/mol. The third-order valence-electron chi connectivity index (χ3n) is 2.99. The molecule has 0 aliphatic heterocycles. The third kappa shape index (κ3) is 4.39. The first-order valence-electron chi connectivity index (χ1n) is 6.65. The topological polar surface area (TPSA) is 33.3 Å². The van der Waals surface area contributed by atoms with Crippen LogP contribution in [0.5, 0.6) is 5.75 Å². The molecule has 0 radical (unpaired) electrons. The molecular weight excluding hydrogens is 306 g/mol. The van der Waals surface area contributed by atoms with Gasteiger partial charge in [-0.15, -0.1) is 0 Å². The molecule has 0 spiro atoms. The van der Waals surface area contributed by atoms with E-state index in [1.54, 1.807) is 18.2 Å². The molecule has 0 saturated heterocycles. The molecule has 116 valence electrons. The zero-order valence-corrected chi connectivity index (χ0v) is 13.0. The second kappa shape index (κ2) is 7.17. The fraction of sp³-hybridized carbons (Fsp3) is 0.188. The van der Waals surface area contributed by atoms with Crippen molar-refractivity contribution in [3.05, 3.63) is 53.6 Å². The maximum atomic E-state index is 12.4. The quantitative estimate of drug-likeness (QED) is 0.799. The number of nitrogens with one attached hydrogen (secondary N) is 2. The Morgan fingerprint density at radius 3 is 2.45 bits per heavy atom. The standard InChI is InChI=1S/C16H16F2N2OS/c1-10-7-8-11(2)13(9-10)20-16(22)19-12-5-3-4-6-14(12)21-15(17)18/h3-9,15H,1-2H3,(H2,19,20,22). The Bertz CT molecular complexity index is 677. The number of hydrogen-bond acceptors (Lipinski definition) is 2. The fourth-order valence-electron chi connectivity index (χ4n) is 1.92. The minimum Gasteiger partial charge on any atom is -0.433 e. The van der Waals surface area contributed by atoms with E-state index in [4.69, 9.17) is 12.2 Å². The summed E-state index contributed by atoms with van der Waals surface area (Å²) >= 11 is 5.23. The van der Waals surface area contributed by atoms with Crippen molar-refractivity contribution in [1.29, 1.82) is 0 Å². The number of anilines is 2. The highest BCUT2D eigenvalue weighted by molar-refractivity contribution is 7.80. The summed E-state index contributed by atoms with van der Waals surface area (Å²) in [6.07, 6.45) is 0. The molecule has 0 aliphatic carbocycles. The molecule has 0 atom stereocenters. The number of rotatable bonds is 4. The zero-order valence-electron chi connectivity index (χ0n) is 12.2. The lowest BCUT2D eigenvalue weighted by molar-refractivity contribution is -0.0493. The fourth-order valence-corrected chi connectivity index (χ4v) is 2.13. The Morgan fingerprint density at radius 2 is 1.73 bits per heavy atom. The smallest absolute Gasteiger partial charge is 0.387 e. The van der Waals surface area contributed by atoms with Gasteiger partial charge < -0.3 is 15.4 Å². The monoisotopic (exact) mass is 322 g/mol. The van der Waals surface area contributed by atoms with Gasteiger partial charge in [-0.2, -0.15) is 8.78 Å². The Labute approximate surface area is 133 Å². The van der Waals surface area contributed by atoms with Crippen LogP contribution in [-0.4, -0.2) is 11.7 Å². The number of benzene rings is 2. The van der Waals surface area contributed by atoms with Crippen LogP contribution in [0.1, 0.15) is 11.1 Å². The predicted octanol–water partition coefficient (Wildman–Crippen LogP) is 4.71. The molecule has 0 unspecified atom stereocenters. The molecule has 0 aliphatic rings. The van der Waals surface area contributed by atoms with E-state index in [1.165, 1.54) is 6.07 Å². The maximum absolute atomic E-state index is 12.4. The molecule has 0 bridgehead atoms. The number of thiocarbonyl (C=S) groups is 1. The van der Waals surface area contributed by atoms with Crippen molar-refractivity contribution in [3.8, 4) is 5.75 Å². The number of ether oxygens (including phenoxy) is 1. The van der Waals surface area contributed by atoms with Crippen LogP contribution < -0.4 is 15.4 Å². The van der Waals surface area contributed by atoms with Gasteiger partial charge in [-0.3, -0.25) is 0 Å². The lowest BCUT2D eigenvalue weighted by atomic mass is 10.1. The van der Waals surface area contributed by atoms with Crippen LogP contribution in [0.4, 0.5) is 20.2 Å². The summed E-state index contributed by atoms with van der Waals surface area (Å²) in [5.74, 6) is 0.0441. The van der Waals surface area contributed by atoms with Gasteiger partial charge in [0.15, 0.2) is 5.11 Å². The SMILES string of the molecule is Cc1ccc(C)c(NC(=S)Nc2ccccc2OC(F)F)c1. The summed E-state index contributed by atoms with van der Waals surface area (Å²) in [5.41, 5.74) is 3.37. The largest absolute Gasteiger partial charge is 0.433 e. The van der Waals surface area contributed by atoms with Gasteiger partial charge in [0.25, 0.3) is 0 Å². The van der Waals surface area contributed by atoms with E-state index >= 15 is 0 Å². The summed E-state index contributed by atoms with van der Waals surface area (Å²) in [6.45, 7) is 1.05. The van der Waals surface area contributed by atoms with Crippen molar-refractivity contribution in [1.82, 2.24) is 0 Å². The van der Waals surface area contributed by atoms with Gasteiger partial charge in [0, 0.05) is 5.69 Å². The van der Waals surface area contributed by atoms with Crippen LogP contribution in [-0.2, 0) is 0 Å². The third-order valence-corrected chi connectivity index (χ3v) is 3.20. The van der Waals surface area contributed by atoms with Gasteiger partial charge in [-0.05, 0) is 55.4 Å². The van der Waals surface area contributed by atoms with Crippen molar-refractivity contribution >= 4 is 28.7 Å². The summed E-state index contributed by atoms with van der Waals surface area (Å²) in [6, 6.07) is 12.3. The van der Waals surface area contributed by atoms with Crippen LogP contribution in [0, 0.1) is 13.8 Å². The highest BCUT2D eigenvalue weighted by Crippen LogP contribution is 2.26. The van der Waals surface area contributed by atoms with E-state index in [-0.39, 0.29) is 5.75 Å². The van der Waals surface area contributed by atoms with Gasteiger partial charge in [0.1, 0.15) is 5.75 Å². The molecule has 2 N–H and O–H groups in total. The van der Waals surface area contributed by atoms with Crippen molar-refractivity contribution in [2.45, 2.75) is 20.5 Å². The number of aryl methyl sites for hydroxylation is 2. The number of alkyl halides is 2. The normalized spacial score (nSPS) is 10.4. The summed E-state index contributed by atoms with van der Waals surface area (Å²) in [5, 5.41) is 6.24. The molecule has 0 aromatic heterocycles.